The first-order valence-electron chi connectivity index (χ1n) is 8.63. The maximum absolute atomic E-state index is 11.9. The second-order valence-electron chi connectivity index (χ2n) is 7.43. The molecule has 1 N–H and O–H groups in total. The summed E-state index contributed by atoms with van der Waals surface area (Å²) in [6.07, 6.45) is 5.39. The van der Waals surface area contributed by atoms with Gasteiger partial charge in [-0.3, -0.25) is 19.3 Å². The van der Waals surface area contributed by atoms with Crippen molar-refractivity contribution in [1.29, 1.82) is 0 Å². The minimum absolute atomic E-state index is 0.0322. The summed E-state index contributed by atoms with van der Waals surface area (Å²) in [7, 11) is 1.79. The lowest BCUT2D eigenvalue weighted by molar-refractivity contribution is -0.155. The number of aryl methyl sites for hydroxylation is 1. The van der Waals surface area contributed by atoms with Crippen molar-refractivity contribution in [3.05, 3.63) is 35.2 Å². The molecule has 2 aromatic heterocycles. The van der Waals surface area contributed by atoms with E-state index in [2.05, 4.69) is 10.1 Å². The Bertz CT molecular complexity index is 827. The van der Waals surface area contributed by atoms with E-state index >= 15 is 0 Å². The van der Waals surface area contributed by atoms with E-state index in [0.717, 1.165) is 5.56 Å². The molecule has 0 saturated carbocycles. The van der Waals surface area contributed by atoms with Crippen LogP contribution in [0.3, 0.4) is 0 Å². The van der Waals surface area contributed by atoms with E-state index < -0.39 is 23.5 Å². The molecule has 2 rings (SSSR count). The summed E-state index contributed by atoms with van der Waals surface area (Å²) in [6, 6.07) is 1.71. The van der Waals surface area contributed by atoms with Crippen LogP contribution in [0.15, 0.2) is 24.7 Å². The first-order valence-corrected chi connectivity index (χ1v) is 9.01. The van der Waals surface area contributed by atoms with Gasteiger partial charge in [0.1, 0.15) is 5.60 Å². The number of hydrogen-bond acceptors (Lipinski definition) is 5. The van der Waals surface area contributed by atoms with E-state index in [1.807, 2.05) is 0 Å². The van der Waals surface area contributed by atoms with Gasteiger partial charge >= 0.3 is 11.9 Å². The zero-order valence-corrected chi connectivity index (χ0v) is 16.7. The second-order valence-corrected chi connectivity index (χ2v) is 7.86. The molecule has 0 spiro atoms. The molecule has 0 aliphatic heterocycles. The standard InChI is InChI=1S/C19H24ClN3O4/c1-19(2,3)27-16(24)6-5-12(18(25)26)7-13-8-15(20)10-21-17(13)14-9-22-23(4)11-14/h8-12H,5-7H2,1-4H3,(H,25,26)/t12-/m0/s1. The maximum Gasteiger partial charge on any atom is 0.306 e. The van der Waals surface area contributed by atoms with Gasteiger partial charge in [-0.1, -0.05) is 11.6 Å². The van der Waals surface area contributed by atoms with Gasteiger partial charge in [0, 0.05) is 31.4 Å². The van der Waals surface area contributed by atoms with Gasteiger partial charge in [-0.15, -0.1) is 0 Å². The fraction of sp³-hybridized carbons (Fsp3) is 0.474. The minimum Gasteiger partial charge on any atom is -0.481 e. The highest BCUT2D eigenvalue weighted by Gasteiger charge is 2.24. The third-order valence-electron chi connectivity index (χ3n) is 3.84. The lowest BCUT2D eigenvalue weighted by Crippen LogP contribution is -2.25. The largest absolute Gasteiger partial charge is 0.481 e. The second kappa shape index (κ2) is 8.52. The predicted octanol–water partition coefficient (Wildman–Crippen LogP) is 3.50. The first-order chi connectivity index (χ1) is 12.5. The third-order valence-corrected chi connectivity index (χ3v) is 4.05. The average Bonchev–Trinajstić information content (AvgIpc) is 2.95. The molecule has 146 valence electrons. The summed E-state index contributed by atoms with van der Waals surface area (Å²) < 4.78 is 6.90. The van der Waals surface area contributed by atoms with Gasteiger partial charge in [0.05, 0.1) is 22.8 Å². The average molecular weight is 394 g/mol. The molecule has 0 aliphatic carbocycles. The van der Waals surface area contributed by atoms with Crippen LogP contribution in [0.25, 0.3) is 11.3 Å². The number of esters is 1. The molecular formula is C19H24ClN3O4. The lowest BCUT2D eigenvalue weighted by Gasteiger charge is -2.20. The highest BCUT2D eigenvalue weighted by Crippen LogP contribution is 2.27. The summed E-state index contributed by atoms with van der Waals surface area (Å²) in [4.78, 5) is 28.0. The van der Waals surface area contributed by atoms with E-state index in [-0.39, 0.29) is 19.3 Å². The third kappa shape index (κ3) is 6.36. The van der Waals surface area contributed by atoms with Gasteiger partial charge < -0.3 is 9.84 Å². The Morgan fingerprint density at radius 3 is 2.59 bits per heavy atom. The molecule has 0 unspecified atom stereocenters. The molecule has 0 amide bonds. The molecule has 7 nitrogen and oxygen atoms in total. The van der Waals surface area contributed by atoms with Gasteiger partial charge in [0.25, 0.3) is 0 Å². The van der Waals surface area contributed by atoms with Crippen molar-refractivity contribution in [2.24, 2.45) is 13.0 Å². The smallest absolute Gasteiger partial charge is 0.306 e. The molecule has 2 aromatic rings. The van der Waals surface area contributed by atoms with Gasteiger partial charge in [-0.25, -0.2) is 0 Å². The molecule has 0 aromatic carbocycles. The van der Waals surface area contributed by atoms with Crippen molar-refractivity contribution in [3.8, 4) is 11.3 Å². The number of ether oxygens (including phenoxy) is 1. The van der Waals surface area contributed by atoms with Crippen LogP contribution in [0.1, 0.15) is 39.2 Å². The summed E-state index contributed by atoms with van der Waals surface area (Å²) in [5.41, 5.74) is 1.52. The van der Waals surface area contributed by atoms with E-state index in [1.54, 1.807) is 51.0 Å². The number of carboxylic acid groups (broad SMARTS) is 1. The number of halogens is 1. The van der Waals surface area contributed by atoms with Crippen LogP contribution in [-0.2, 0) is 27.8 Å². The quantitative estimate of drug-likeness (QED) is 0.723. The van der Waals surface area contributed by atoms with Gasteiger partial charge in [0.15, 0.2) is 0 Å². The Hall–Kier alpha value is -2.41. The summed E-state index contributed by atoms with van der Waals surface area (Å²) in [6.45, 7) is 5.33. The van der Waals surface area contributed by atoms with Crippen LogP contribution in [-0.4, -0.2) is 37.4 Å². The molecule has 27 heavy (non-hydrogen) atoms. The van der Waals surface area contributed by atoms with Crippen LogP contribution in [0.4, 0.5) is 0 Å². The maximum atomic E-state index is 11.9. The monoisotopic (exact) mass is 393 g/mol. The number of carboxylic acids is 1. The first kappa shape index (κ1) is 20.9. The molecule has 8 heteroatoms. The zero-order chi connectivity index (χ0) is 20.2. The van der Waals surface area contributed by atoms with E-state index in [4.69, 9.17) is 16.3 Å². The number of aromatic nitrogens is 3. The lowest BCUT2D eigenvalue weighted by atomic mass is 9.93. The molecule has 0 radical (unpaired) electrons. The van der Waals surface area contributed by atoms with Gasteiger partial charge in [0.2, 0.25) is 0 Å². The van der Waals surface area contributed by atoms with Crippen molar-refractivity contribution in [3.63, 3.8) is 0 Å². The predicted molar refractivity (Wildman–Crippen MR) is 101 cm³/mol. The molecule has 0 bridgehead atoms. The molecule has 2 heterocycles. The number of carbonyl (C=O) groups excluding carboxylic acids is 1. The normalized spacial score (nSPS) is 12.6. The number of aliphatic carboxylic acids is 1. The number of hydrogen-bond donors (Lipinski definition) is 1. The van der Waals surface area contributed by atoms with Crippen LogP contribution in [0.5, 0.6) is 0 Å². The minimum atomic E-state index is -0.976. The highest BCUT2D eigenvalue weighted by molar-refractivity contribution is 6.30. The van der Waals surface area contributed by atoms with E-state index in [1.165, 1.54) is 6.20 Å². The van der Waals surface area contributed by atoms with Crippen molar-refractivity contribution in [1.82, 2.24) is 14.8 Å². The Balaban J connectivity index is 2.17. The number of nitrogens with zero attached hydrogens (tertiary/aromatic N) is 3. The van der Waals surface area contributed by atoms with Crippen LogP contribution in [0, 0.1) is 5.92 Å². The Labute approximate surface area is 163 Å². The van der Waals surface area contributed by atoms with Crippen molar-refractivity contribution in [2.75, 3.05) is 0 Å². The summed E-state index contributed by atoms with van der Waals surface area (Å²) >= 11 is 6.07. The Kier molecular flexibility index (Phi) is 6.59. The number of carbonyl (C=O) groups is 2. The fourth-order valence-electron chi connectivity index (χ4n) is 2.70. The van der Waals surface area contributed by atoms with Crippen LogP contribution in [0.2, 0.25) is 5.02 Å². The van der Waals surface area contributed by atoms with E-state index in [9.17, 15) is 14.7 Å². The highest BCUT2D eigenvalue weighted by atomic mass is 35.5. The SMILES string of the molecule is Cn1cc(-c2ncc(Cl)cc2C[C@H](CCC(=O)OC(C)(C)C)C(=O)O)cn1. The van der Waals surface area contributed by atoms with Crippen molar-refractivity contribution < 1.29 is 19.4 Å². The van der Waals surface area contributed by atoms with E-state index in [0.29, 0.717) is 16.3 Å². The van der Waals surface area contributed by atoms with Crippen LogP contribution < -0.4 is 0 Å². The summed E-state index contributed by atoms with van der Waals surface area (Å²) in [5, 5.41) is 14.1. The van der Waals surface area contributed by atoms with Crippen molar-refractivity contribution >= 4 is 23.5 Å². The zero-order valence-electron chi connectivity index (χ0n) is 15.9. The molecule has 1 atom stereocenters. The van der Waals surface area contributed by atoms with Gasteiger partial charge in [-0.2, -0.15) is 5.10 Å². The Morgan fingerprint density at radius 1 is 1.33 bits per heavy atom. The molecule has 0 fully saturated rings. The van der Waals surface area contributed by atoms with Crippen molar-refractivity contribution in [2.45, 2.75) is 45.6 Å². The molecular weight excluding hydrogens is 370 g/mol. The summed E-state index contributed by atoms with van der Waals surface area (Å²) in [5.74, 6) is -2.14. The Morgan fingerprint density at radius 2 is 2.04 bits per heavy atom. The number of pyridine rings is 1. The number of rotatable bonds is 7. The molecule has 0 aliphatic rings. The van der Waals surface area contributed by atoms with Crippen LogP contribution >= 0.6 is 11.6 Å². The van der Waals surface area contributed by atoms with Gasteiger partial charge in [-0.05, 0) is 45.2 Å². The topological polar surface area (TPSA) is 94.3 Å². The molecule has 0 saturated heterocycles. The fourth-order valence-corrected chi connectivity index (χ4v) is 2.88.